The predicted octanol–water partition coefficient (Wildman–Crippen LogP) is 3.01. The van der Waals surface area contributed by atoms with E-state index in [2.05, 4.69) is 11.4 Å². The third-order valence-electron chi connectivity index (χ3n) is 3.72. The lowest BCUT2D eigenvalue weighted by atomic mass is 9.87. The fourth-order valence-electron chi connectivity index (χ4n) is 2.51. The maximum absolute atomic E-state index is 13.5. The van der Waals surface area contributed by atoms with Gasteiger partial charge in [0, 0.05) is 18.5 Å². The Kier molecular flexibility index (Phi) is 4.75. The van der Waals surface area contributed by atoms with E-state index < -0.39 is 0 Å². The van der Waals surface area contributed by atoms with Crippen LogP contribution in [-0.2, 0) is 6.54 Å². The van der Waals surface area contributed by atoms with Gasteiger partial charge in [0.05, 0.1) is 13.2 Å². The molecule has 0 saturated heterocycles. The van der Waals surface area contributed by atoms with Crippen LogP contribution >= 0.6 is 0 Å². The molecule has 0 atom stereocenters. The van der Waals surface area contributed by atoms with Crippen molar-refractivity contribution in [1.29, 1.82) is 5.26 Å². The van der Waals surface area contributed by atoms with Crippen LogP contribution in [0.5, 0.6) is 5.75 Å². The zero-order chi connectivity index (χ0) is 13.7. The van der Waals surface area contributed by atoms with E-state index in [1.54, 1.807) is 6.07 Å². The van der Waals surface area contributed by atoms with E-state index in [0.29, 0.717) is 12.6 Å². The average molecular weight is 262 g/mol. The summed E-state index contributed by atoms with van der Waals surface area (Å²) in [6, 6.07) is 7.80. The van der Waals surface area contributed by atoms with Gasteiger partial charge < -0.3 is 10.1 Å². The molecule has 0 aromatic heterocycles. The van der Waals surface area contributed by atoms with Crippen LogP contribution in [0.2, 0.25) is 0 Å². The summed E-state index contributed by atoms with van der Waals surface area (Å²) < 4.78 is 18.4. The van der Waals surface area contributed by atoms with Gasteiger partial charge in [-0.3, -0.25) is 0 Å². The number of methoxy groups -OCH3 is 1. The third-order valence-corrected chi connectivity index (χ3v) is 3.72. The number of hydrogen-bond donors (Lipinski definition) is 1. The number of nitriles is 1. The van der Waals surface area contributed by atoms with Crippen LogP contribution in [0, 0.1) is 23.1 Å². The van der Waals surface area contributed by atoms with Crippen molar-refractivity contribution >= 4 is 0 Å². The normalized spacial score (nSPS) is 22.8. The maximum Gasteiger partial charge on any atom is 0.165 e. The first-order valence-corrected chi connectivity index (χ1v) is 6.68. The second-order valence-electron chi connectivity index (χ2n) is 5.03. The van der Waals surface area contributed by atoms with Crippen molar-refractivity contribution in [2.75, 3.05) is 7.11 Å². The number of nitrogens with zero attached hydrogens (tertiary/aromatic N) is 1. The highest BCUT2D eigenvalue weighted by Crippen LogP contribution is 2.24. The van der Waals surface area contributed by atoms with Crippen LogP contribution in [0.15, 0.2) is 18.2 Å². The van der Waals surface area contributed by atoms with Gasteiger partial charge in [0.15, 0.2) is 11.6 Å². The van der Waals surface area contributed by atoms with Gasteiger partial charge in [-0.25, -0.2) is 4.39 Å². The Balaban J connectivity index is 1.83. The summed E-state index contributed by atoms with van der Waals surface area (Å²) in [6.07, 6.45) is 3.98. The lowest BCUT2D eigenvalue weighted by Gasteiger charge is -2.25. The molecule has 1 aliphatic rings. The lowest BCUT2D eigenvalue weighted by Crippen LogP contribution is -2.32. The molecule has 3 nitrogen and oxygen atoms in total. The summed E-state index contributed by atoms with van der Waals surface area (Å²) in [5.74, 6) is 0.171. The molecule has 102 valence electrons. The number of rotatable bonds is 4. The van der Waals surface area contributed by atoms with Crippen LogP contribution in [-0.4, -0.2) is 13.2 Å². The van der Waals surface area contributed by atoms with Crippen molar-refractivity contribution in [1.82, 2.24) is 5.32 Å². The second-order valence-corrected chi connectivity index (χ2v) is 5.03. The Labute approximate surface area is 113 Å². The van der Waals surface area contributed by atoms with E-state index in [0.717, 1.165) is 31.2 Å². The Morgan fingerprint density at radius 3 is 2.68 bits per heavy atom. The topological polar surface area (TPSA) is 45.0 Å². The zero-order valence-electron chi connectivity index (χ0n) is 11.2. The Hall–Kier alpha value is -1.60. The molecule has 1 aromatic rings. The zero-order valence-corrected chi connectivity index (χ0v) is 11.2. The number of halogens is 1. The van der Waals surface area contributed by atoms with E-state index in [1.807, 2.05) is 6.07 Å². The van der Waals surface area contributed by atoms with Crippen molar-refractivity contribution in [2.45, 2.75) is 38.3 Å². The van der Waals surface area contributed by atoms with Crippen molar-refractivity contribution in [2.24, 2.45) is 5.92 Å². The quantitative estimate of drug-likeness (QED) is 0.907. The first-order valence-electron chi connectivity index (χ1n) is 6.68. The molecule has 1 saturated carbocycles. The molecule has 4 heteroatoms. The van der Waals surface area contributed by atoms with Gasteiger partial charge in [0.1, 0.15) is 0 Å². The number of ether oxygens (including phenoxy) is 1. The molecular weight excluding hydrogens is 243 g/mol. The fraction of sp³-hybridized carbons (Fsp3) is 0.533. The summed E-state index contributed by atoms with van der Waals surface area (Å²) in [5, 5.41) is 12.3. The molecule has 0 spiro atoms. The van der Waals surface area contributed by atoms with E-state index in [9.17, 15) is 4.39 Å². The lowest BCUT2D eigenvalue weighted by molar-refractivity contribution is 0.331. The Morgan fingerprint density at radius 1 is 1.37 bits per heavy atom. The summed E-state index contributed by atoms with van der Waals surface area (Å²) >= 11 is 0. The molecule has 0 unspecified atom stereocenters. The van der Waals surface area contributed by atoms with Gasteiger partial charge in [-0.05, 0) is 43.4 Å². The summed E-state index contributed by atoms with van der Waals surface area (Å²) in [6.45, 7) is 0.656. The van der Waals surface area contributed by atoms with Gasteiger partial charge in [0.25, 0.3) is 0 Å². The molecule has 0 amide bonds. The maximum atomic E-state index is 13.5. The minimum absolute atomic E-state index is 0.219. The Bertz CT molecular complexity index is 462. The van der Waals surface area contributed by atoms with Crippen LogP contribution in [0.4, 0.5) is 4.39 Å². The summed E-state index contributed by atoms with van der Waals surface area (Å²) in [4.78, 5) is 0. The van der Waals surface area contributed by atoms with E-state index >= 15 is 0 Å². The monoisotopic (exact) mass is 262 g/mol. The number of hydrogen-bond acceptors (Lipinski definition) is 3. The van der Waals surface area contributed by atoms with E-state index in [1.165, 1.54) is 13.2 Å². The van der Waals surface area contributed by atoms with Crippen molar-refractivity contribution in [3.05, 3.63) is 29.6 Å². The van der Waals surface area contributed by atoms with Crippen molar-refractivity contribution in [3.8, 4) is 11.8 Å². The Morgan fingerprint density at radius 2 is 2.11 bits per heavy atom. The summed E-state index contributed by atoms with van der Waals surface area (Å²) in [7, 11) is 1.46. The van der Waals surface area contributed by atoms with Gasteiger partial charge in [0.2, 0.25) is 0 Å². The van der Waals surface area contributed by atoms with Crippen LogP contribution in [0.3, 0.4) is 0 Å². The first-order chi connectivity index (χ1) is 9.22. The molecule has 0 heterocycles. The van der Waals surface area contributed by atoms with Gasteiger partial charge in [-0.2, -0.15) is 5.26 Å². The highest BCUT2D eigenvalue weighted by atomic mass is 19.1. The molecule has 0 radical (unpaired) electrons. The molecule has 1 aromatic carbocycles. The second kappa shape index (κ2) is 6.53. The van der Waals surface area contributed by atoms with Gasteiger partial charge in [-0.1, -0.05) is 6.07 Å². The van der Waals surface area contributed by atoms with Crippen molar-refractivity contribution in [3.63, 3.8) is 0 Å². The number of nitrogens with one attached hydrogen (secondary N) is 1. The molecular formula is C15H19FN2O. The highest BCUT2D eigenvalue weighted by Gasteiger charge is 2.20. The predicted molar refractivity (Wildman–Crippen MR) is 71.2 cm³/mol. The highest BCUT2D eigenvalue weighted by molar-refractivity contribution is 5.29. The standard InChI is InChI=1S/C15H19FN2O/c1-19-15-7-4-12(8-14(15)16)10-18-13-5-2-11(9-17)3-6-13/h4,7-8,11,13,18H,2-3,5-6,10H2,1H3. The van der Waals surface area contributed by atoms with E-state index in [4.69, 9.17) is 10.00 Å². The minimum Gasteiger partial charge on any atom is -0.494 e. The third kappa shape index (κ3) is 3.68. The molecule has 0 bridgehead atoms. The molecule has 2 rings (SSSR count). The molecule has 0 aliphatic heterocycles. The minimum atomic E-state index is -0.324. The molecule has 1 aliphatic carbocycles. The van der Waals surface area contributed by atoms with E-state index in [-0.39, 0.29) is 17.5 Å². The van der Waals surface area contributed by atoms with Gasteiger partial charge in [-0.15, -0.1) is 0 Å². The molecule has 1 N–H and O–H groups in total. The van der Waals surface area contributed by atoms with Crippen LogP contribution < -0.4 is 10.1 Å². The smallest absolute Gasteiger partial charge is 0.165 e. The molecule has 19 heavy (non-hydrogen) atoms. The van der Waals surface area contributed by atoms with Gasteiger partial charge >= 0.3 is 0 Å². The summed E-state index contributed by atoms with van der Waals surface area (Å²) in [5.41, 5.74) is 0.917. The van der Waals surface area contributed by atoms with Crippen LogP contribution in [0.1, 0.15) is 31.2 Å². The van der Waals surface area contributed by atoms with Crippen LogP contribution in [0.25, 0.3) is 0 Å². The van der Waals surface area contributed by atoms with Crippen molar-refractivity contribution < 1.29 is 9.13 Å². The largest absolute Gasteiger partial charge is 0.494 e. The average Bonchev–Trinajstić information content (AvgIpc) is 2.46. The SMILES string of the molecule is COc1ccc(CNC2CCC(C#N)CC2)cc1F. The molecule has 1 fully saturated rings. The number of benzene rings is 1. The first kappa shape index (κ1) is 13.8. The fourth-order valence-corrected chi connectivity index (χ4v) is 2.51.